The molecular formula is C11H20N6O. The molecular weight excluding hydrogens is 232 g/mol. The maximum absolute atomic E-state index is 11.2. The monoisotopic (exact) mass is 252 g/mol. The maximum Gasteiger partial charge on any atom is 0.287 e. The minimum Gasteiger partial charge on any atom is -0.299 e. The zero-order chi connectivity index (χ0) is 13.0. The zero-order valence-corrected chi connectivity index (χ0v) is 10.7. The van der Waals surface area contributed by atoms with Gasteiger partial charge in [-0.3, -0.25) is 19.8 Å². The fourth-order valence-electron chi connectivity index (χ4n) is 2.02. The Morgan fingerprint density at radius 2 is 2.39 bits per heavy atom. The van der Waals surface area contributed by atoms with Crippen LogP contribution in [-0.4, -0.2) is 44.9 Å². The molecule has 1 heterocycles. The summed E-state index contributed by atoms with van der Waals surface area (Å²) in [4.78, 5) is 13.7. The maximum atomic E-state index is 11.2. The Morgan fingerprint density at radius 3 is 3.00 bits per heavy atom. The van der Waals surface area contributed by atoms with Crippen molar-refractivity contribution in [1.82, 2.24) is 25.3 Å². The number of nitrogens with two attached hydrogens (primary N) is 1. The number of amides is 1. The summed E-state index contributed by atoms with van der Waals surface area (Å²) < 4.78 is 1.69. The highest BCUT2D eigenvalue weighted by atomic mass is 16.2. The molecule has 1 aromatic rings. The van der Waals surface area contributed by atoms with E-state index in [4.69, 9.17) is 5.84 Å². The number of hydrogen-bond acceptors (Lipinski definition) is 5. The fraction of sp³-hybridized carbons (Fsp3) is 0.727. The Bertz CT molecular complexity index is 400. The first-order valence-electron chi connectivity index (χ1n) is 6.39. The minimum absolute atomic E-state index is 0.256. The molecule has 0 unspecified atom stereocenters. The Morgan fingerprint density at radius 1 is 1.61 bits per heavy atom. The second kappa shape index (κ2) is 5.92. The van der Waals surface area contributed by atoms with Gasteiger partial charge in [0, 0.05) is 12.6 Å². The first-order valence-corrected chi connectivity index (χ1v) is 6.39. The highest BCUT2D eigenvalue weighted by Gasteiger charge is 2.27. The lowest BCUT2D eigenvalue weighted by atomic mass is 10.4. The molecule has 3 N–H and O–H groups in total. The van der Waals surface area contributed by atoms with Gasteiger partial charge >= 0.3 is 0 Å². The number of nitrogens with one attached hydrogen (secondary N) is 1. The number of nitrogen functional groups attached to an aromatic ring is 1. The molecule has 0 aliphatic heterocycles. The molecule has 1 aliphatic rings. The van der Waals surface area contributed by atoms with Gasteiger partial charge in [-0.05, 0) is 25.8 Å². The number of carbonyl (C=O) groups is 1. The lowest BCUT2D eigenvalue weighted by Gasteiger charge is -2.20. The molecule has 100 valence electrons. The molecule has 7 nitrogen and oxygen atoms in total. The molecule has 1 aliphatic carbocycles. The van der Waals surface area contributed by atoms with Crippen LogP contribution in [0.4, 0.5) is 0 Å². The summed E-state index contributed by atoms with van der Waals surface area (Å²) in [5.41, 5.74) is 2.30. The molecule has 1 amide bonds. The fourth-order valence-corrected chi connectivity index (χ4v) is 2.02. The van der Waals surface area contributed by atoms with E-state index in [0.29, 0.717) is 0 Å². The van der Waals surface area contributed by atoms with E-state index >= 15 is 0 Å². The molecule has 0 saturated heterocycles. The summed E-state index contributed by atoms with van der Waals surface area (Å²) in [6.45, 7) is 5.01. The van der Waals surface area contributed by atoms with Crippen LogP contribution in [0.15, 0.2) is 6.20 Å². The highest BCUT2D eigenvalue weighted by molar-refractivity contribution is 5.91. The third-order valence-corrected chi connectivity index (χ3v) is 3.09. The molecule has 0 bridgehead atoms. The van der Waals surface area contributed by atoms with Crippen LogP contribution in [0.2, 0.25) is 0 Å². The van der Waals surface area contributed by atoms with Gasteiger partial charge < -0.3 is 0 Å². The van der Waals surface area contributed by atoms with Crippen LogP contribution in [0.5, 0.6) is 0 Å². The molecule has 2 rings (SSSR count). The molecule has 0 spiro atoms. The minimum atomic E-state index is -0.408. The van der Waals surface area contributed by atoms with Gasteiger partial charge in [0.05, 0.1) is 12.7 Å². The van der Waals surface area contributed by atoms with Gasteiger partial charge in [0.15, 0.2) is 5.69 Å². The summed E-state index contributed by atoms with van der Waals surface area (Å²) in [6, 6.07) is 0.750. The van der Waals surface area contributed by atoms with E-state index in [2.05, 4.69) is 22.1 Å². The van der Waals surface area contributed by atoms with Gasteiger partial charge in [0.25, 0.3) is 5.91 Å². The van der Waals surface area contributed by atoms with Crippen LogP contribution < -0.4 is 11.3 Å². The van der Waals surface area contributed by atoms with Crippen molar-refractivity contribution in [2.45, 2.75) is 38.8 Å². The molecule has 1 saturated carbocycles. The first-order chi connectivity index (χ1) is 8.74. The van der Waals surface area contributed by atoms with Crippen molar-refractivity contribution in [3.05, 3.63) is 11.9 Å². The summed E-state index contributed by atoms with van der Waals surface area (Å²) in [5.74, 6) is 4.63. The van der Waals surface area contributed by atoms with Crippen molar-refractivity contribution in [3.8, 4) is 0 Å². The predicted molar refractivity (Wildman–Crippen MR) is 66.6 cm³/mol. The third kappa shape index (κ3) is 3.27. The van der Waals surface area contributed by atoms with Crippen molar-refractivity contribution >= 4 is 5.91 Å². The number of hydrazine groups is 1. The van der Waals surface area contributed by atoms with Crippen molar-refractivity contribution in [2.24, 2.45) is 5.84 Å². The van der Waals surface area contributed by atoms with Crippen LogP contribution in [0.3, 0.4) is 0 Å². The number of hydrogen-bond donors (Lipinski definition) is 2. The van der Waals surface area contributed by atoms with Crippen LogP contribution in [0.25, 0.3) is 0 Å². The molecule has 1 fully saturated rings. The average Bonchev–Trinajstić information content (AvgIpc) is 3.12. The summed E-state index contributed by atoms with van der Waals surface area (Å²) in [5, 5.41) is 7.69. The van der Waals surface area contributed by atoms with Crippen LogP contribution in [0.1, 0.15) is 36.7 Å². The Balaban J connectivity index is 1.85. The first kappa shape index (κ1) is 13.0. The summed E-state index contributed by atoms with van der Waals surface area (Å²) in [6.07, 6.45) is 5.39. The zero-order valence-electron chi connectivity index (χ0n) is 10.7. The van der Waals surface area contributed by atoms with Crippen molar-refractivity contribution in [1.29, 1.82) is 0 Å². The number of rotatable bonds is 7. The Kier molecular flexibility index (Phi) is 4.27. The van der Waals surface area contributed by atoms with E-state index in [1.165, 1.54) is 12.8 Å². The molecule has 0 radical (unpaired) electrons. The topological polar surface area (TPSA) is 89.1 Å². The van der Waals surface area contributed by atoms with E-state index in [-0.39, 0.29) is 5.69 Å². The van der Waals surface area contributed by atoms with E-state index < -0.39 is 5.91 Å². The van der Waals surface area contributed by atoms with Gasteiger partial charge in [-0.1, -0.05) is 12.1 Å². The molecule has 7 heteroatoms. The second-order valence-electron chi connectivity index (χ2n) is 4.61. The summed E-state index contributed by atoms with van der Waals surface area (Å²) in [7, 11) is 0. The second-order valence-corrected chi connectivity index (χ2v) is 4.61. The lowest BCUT2D eigenvalue weighted by molar-refractivity contribution is 0.0948. The molecule has 18 heavy (non-hydrogen) atoms. The standard InChI is InChI=1S/C11H20N6O/c1-2-5-16(9-3-4-9)6-7-17-8-10(14-15-17)11(18)13-12/h8-9H,2-7,12H2,1H3,(H,13,18). The van der Waals surface area contributed by atoms with Crippen molar-refractivity contribution < 1.29 is 4.79 Å². The lowest BCUT2D eigenvalue weighted by Crippen LogP contribution is -2.31. The van der Waals surface area contributed by atoms with Gasteiger partial charge in [-0.25, -0.2) is 5.84 Å². The Hall–Kier alpha value is -1.47. The number of nitrogens with zero attached hydrogens (tertiary/aromatic N) is 4. The average molecular weight is 252 g/mol. The Labute approximate surface area is 106 Å². The number of carbonyl (C=O) groups excluding carboxylic acids is 1. The normalized spacial score (nSPS) is 15.1. The smallest absolute Gasteiger partial charge is 0.287 e. The predicted octanol–water partition coefficient (Wildman–Crippen LogP) is -0.244. The molecule has 0 aromatic carbocycles. The van der Waals surface area contributed by atoms with Gasteiger partial charge in [0.1, 0.15) is 0 Å². The quantitative estimate of drug-likeness (QED) is 0.397. The van der Waals surface area contributed by atoms with Gasteiger partial charge in [0.2, 0.25) is 0 Å². The summed E-state index contributed by atoms with van der Waals surface area (Å²) >= 11 is 0. The number of aromatic nitrogens is 3. The highest BCUT2D eigenvalue weighted by Crippen LogP contribution is 2.26. The SMILES string of the molecule is CCCN(CCn1cc(C(=O)NN)nn1)C1CC1. The van der Waals surface area contributed by atoms with E-state index in [0.717, 1.165) is 32.1 Å². The molecule has 0 atom stereocenters. The van der Waals surface area contributed by atoms with Crippen LogP contribution >= 0.6 is 0 Å². The van der Waals surface area contributed by atoms with E-state index in [9.17, 15) is 4.79 Å². The van der Waals surface area contributed by atoms with Crippen molar-refractivity contribution in [3.63, 3.8) is 0 Å². The van der Waals surface area contributed by atoms with E-state index in [1.54, 1.807) is 10.9 Å². The van der Waals surface area contributed by atoms with Crippen LogP contribution in [0, 0.1) is 0 Å². The van der Waals surface area contributed by atoms with Crippen molar-refractivity contribution in [2.75, 3.05) is 13.1 Å². The van der Waals surface area contributed by atoms with Gasteiger partial charge in [-0.15, -0.1) is 5.10 Å². The van der Waals surface area contributed by atoms with Crippen LogP contribution in [-0.2, 0) is 6.54 Å². The molecule has 1 aromatic heterocycles. The third-order valence-electron chi connectivity index (χ3n) is 3.09. The van der Waals surface area contributed by atoms with Gasteiger partial charge in [-0.2, -0.15) is 0 Å². The largest absolute Gasteiger partial charge is 0.299 e. The van der Waals surface area contributed by atoms with E-state index in [1.807, 2.05) is 5.43 Å².